The molecule has 2 nitrogen and oxygen atoms in total. The van der Waals surface area contributed by atoms with E-state index in [1.807, 2.05) is 0 Å². The van der Waals surface area contributed by atoms with Gasteiger partial charge in [-0.15, -0.1) is 0 Å². The van der Waals surface area contributed by atoms with Crippen molar-refractivity contribution < 1.29 is 0 Å². The fourth-order valence-corrected chi connectivity index (χ4v) is 2.38. The topological polar surface area (TPSA) is 29.3 Å². The maximum Gasteiger partial charge on any atom is 0.0496 e. The highest BCUT2D eigenvalue weighted by molar-refractivity contribution is 5.25. The molecule has 2 unspecified atom stereocenters. The molecule has 0 aliphatic heterocycles. The molecule has 0 saturated heterocycles. The van der Waals surface area contributed by atoms with Gasteiger partial charge in [-0.1, -0.05) is 29.8 Å². The van der Waals surface area contributed by atoms with Crippen LogP contribution in [-0.4, -0.2) is 24.0 Å². The summed E-state index contributed by atoms with van der Waals surface area (Å²) in [6.07, 6.45) is 2.65. The van der Waals surface area contributed by atoms with Crippen LogP contribution in [0.15, 0.2) is 24.3 Å². The first-order valence-electron chi connectivity index (χ1n) is 6.13. The average Bonchev–Trinajstić information content (AvgIpc) is 3.04. The van der Waals surface area contributed by atoms with Crippen LogP contribution in [0.2, 0.25) is 0 Å². The van der Waals surface area contributed by atoms with Gasteiger partial charge in [0.1, 0.15) is 0 Å². The predicted molar refractivity (Wildman–Crippen MR) is 68.4 cm³/mol. The van der Waals surface area contributed by atoms with E-state index >= 15 is 0 Å². The highest BCUT2D eigenvalue weighted by Gasteiger charge is 2.33. The molecule has 16 heavy (non-hydrogen) atoms. The molecule has 0 bridgehead atoms. The summed E-state index contributed by atoms with van der Waals surface area (Å²) in [5.74, 6) is 0. The third-order valence-electron chi connectivity index (χ3n) is 3.48. The van der Waals surface area contributed by atoms with Crippen molar-refractivity contribution in [2.24, 2.45) is 5.73 Å². The Hall–Kier alpha value is -0.860. The molecule has 0 aromatic heterocycles. The van der Waals surface area contributed by atoms with Gasteiger partial charge in [0.25, 0.3) is 0 Å². The van der Waals surface area contributed by atoms with E-state index in [0.29, 0.717) is 6.04 Å². The Labute approximate surface area is 98.4 Å². The van der Waals surface area contributed by atoms with Gasteiger partial charge in [0, 0.05) is 18.1 Å². The molecule has 2 N–H and O–H groups in total. The van der Waals surface area contributed by atoms with Crippen LogP contribution in [0.1, 0.15) is 36.9 Å². The van der Waals surface area contributed by atoms with E-state index in [1.54, 1.807) is 0 Å². The minimum atomic E-state index is 0.174. The zero-order chi connectivity index (χ0) is 11.7. The van der Waals surface area contributed by atoms with Crippen molar-refractivity contribution in [2.75, 3.05) is 7.05 Å². The SMILES string of the molecule is Cc1ccc(C(C(C)N)N(C)C2CC2)cc1. The summed E-state index contributed by atoms with van der Waals surface area (Å²) in [7, 11) is 2.20. The number of rotatable bonds is 4. The summed E-state index contributed by atoms with van der Waals surface area (Å²) in [6.45, 7) is 4.22. The van der Waals surface area contributed by atoms with Crippen molar-refractivity contribution in [3.8, 4) is 0 Å². The van der Waals surface area contributed by atoms with Gasteiger partial charge in [0.2, 0.25) is 0 Å². The smallest absolute Gasteiger partial charge is 0.0496 e. The largest absolute Gasteiger partial charge is 0.326 e. The molecule has 2 heteroatoms. The van der Waals surface area contributed by atoms with Gasteiger partial charge < -0.3 is 5.73 Å². The lowest BCUT2D eigenvalue weighted by Crippen LogP contribution is -2.38. The minimum absolute atomic E-state index is 0.174. The number of hydrogen-bond donors (Lipinski definition) is 1. The summed E-state index contributed by atoms with van der Waals surface area (Å²) in [6, 6.07) is 10.0. The second-order valence-corrected chi connectivity index (χ2v) is 5.11. The molecule has 2 rings (SSSR count). The highest BCUT2D eigenvalue weighted by Crippen LogP contribution is 2.34. The van der Waals surface area contributed by atoms with E-state index in [9.17, 15) is 0 Å². The van der Waals surface area contributed by atoms with Gasteiger partial charge in [0.05, 0.1) is 0 Å². The molecule has 1 aromatic rings. The van der Waals surface area contributed by atoms with Gasteiger partial charge in [0.15, 0.2) is 0 Å². The molecule has 2 atom stereocenters. The second kappa shape index (κ2) is 4.56. The lowest BCUT2D eigenvalue weighted by atomic mass is 9.98. The van der Waals surface area contributed by atoms with E-state index < -0.39 is 0 Å². The van der Waals surface area contributed by atoms with Gasteiger partial charge in [-0.3, -0.25) is 4.90 Å². The van der Waals surface area contributed by atoms with Crippen molar-refractivity contribution in [2.45, 2.75) is 44.8 Å². The van der Waals surface area contributed by atoms with Crippen LogP contribution in [0.3, 0.4) is 0 Å². The number of nitrogens with zero attached hydrogens (tertiary/aromatic N) is 1. The molecule has 0 heterocycles. The lowest BCUT2D eigenvalue weighted by molar-refractivity contribution is 0.209. The monoisotopic (exact) mass is 218 g/mol. The summed E-state index contributed by atoms with van der Waals surface area (Å²) in [5, 5.41) is 0. The first-order valence-corrected chi connectivity index (χ1v) is 6.13. The number of aryl methyl sites for hydroxylation is 1. The lowest BCUT2D eigenvalue weighted by Gasteiger charge is -2.31. The fourth-order valence-electron chi connectivity index (χ4n) is 2.38. The standard InChI is InChI=1S/C14H22N2/c1-10-4-6-12(7-5-10)14(11(2)15)16(3)13-8-9-13/h4-7,11,13-14H,8-9,15H2,1-3H3. The minimum Gasteiger partial charge on any atom is -0.326 e. The molecule has 1 aliphatic rings. The maximum atomic E-state index is 6.13. The van der Waals surface area contributed by atoms with E-state index in [2.05, 4.69) is 50.1 Å². The van der Waals surface area contributed by atoms with E-state index in [1.165, 1.54) is 24.0 Å². The van der Waals surface area contributed by atoms with Crippen molar-refractivity contribution in [3.05, 3.63) is 35.4 Å². The van der Waals surface area contributed by atoms with Crippen molar-refractivity contribution in [1.29, 1.82) is 0 Å². The predicted octanol–water partition coefficient (Wildman–Crippen LogP) is 2.48. The number of likely N-dealkylation sites (N-methyl/N-ethyl adjacent to an activating group) is 1. The molecular formula is C14H22N2. The normalized spacial score (nSPS) is 19.8. The molecule has 1 aromatic carbocycles. The zero-order valence-corrected chi connectivity index (χ0v) is 10.5. The average molecular weight is 218 g/mol. The van der Waals surface area contributed by atoms with Crippen LogP contribution in [0.5, 0.6) is 0 Å². The zero-order valence-electron chi connectivity index (χ0n) is 10.5. The highest BCUT2D eigenvalue weighted by atomic mass is 15.2. The van der Waals surface area contributed by atoms with E-state index in [-0.39, 0.29) is 6.04 Å². The van der Waals surface area contributed by atoms with Gasteiger partial charge >= 0.3 is 0 Å². The van der Waals surface area contributed by atoms with Crippen LogP contribution < -0.4 is 5.73 Å². The Morgan fingerprint density at radius 2 is 1.81 bits per heavy atom. The fraction of sp³-hybridized carbons (Fsp3) is 0.571. The number of hydrogen-bond acceptors (Lipinski definition) is 2. The Bertz CT molecular complexity index is 338. The van der Waals surface area contributed by atoms with Gasteiger partial charge in [-0.25, -0.2) is 0 Å². The summed E-state index contributed by atoms with van der Waals surface area (Å²) in [5.41, 5.74) is 8.78. The Balaban J connectivity index is 2.21. The van der Waals surface area contributed by atoms with Crippen LogP contribution in [0, 0.1) is 6.92 Å². The van der Waals surface area contributed by atoms with Gasteiger partial charge in [-0.2, -0.15) is 0 Å². The molecular weight excluding hydrogens is 196 g/mol. The summed E-state index contributed by atoms with van der Waals surface area (Å²) >= 11 is 0. The van der Waals surface area contributed by atoms with Crippen molar-refractivity contribution in [3.63, 3.8) is 0 Å². The van der Waals surface area contributed by atoms with Crippen LogP contribution in [0.25, 0.3) is 0 Å². The molecule has 1 aliphatic carbocycles. The Morgan fingerprint density at radius 3 is 2.25 bits per heavy atom. The molecule has 0 amide bonds. The van der Waals surface area contributed by atoms with E-state index in [0.717, 1.165) is 6.04 Å². The third kappa shape index (κ3) is 2.45. The molecule has 0 radical (unpaired) electrons. The quantitative estimate of drug-likeness (QED) is 0.841. The molecule has 1 fully saturated rings. The Kier molecular flexibility index (Phi) is 3.31. The second-order valence-electron chi connectivity index (χ2n) is 5.11. The van der Waals surface area contributed by atoms with Crippen LogP contribution in [-0.2, 0) is 0 Å². The third-order valence-corrected chi connectivity index (χ3v) is 3.48. The van der Waals surface area contributed by atoms with Gasteiger partial charge in [-0.05, 0) is 39.3 Å². The molecule has 88 valence electrons. The van der Waals surface area contributed by atoms with Crippen molar-refractivity contribution >= 4 is 0 Å². The maximum absolute atomic E-state index is 6.13. The first-order chi connectivity index (χ1) is 7.59. The molecule has 0 spiro atoms. The van der Waals surface area contributed by atoms with Crippen LogP contribution in [0.4, 0.5) is 0 Å². The van der Waals surface area contributed by atoms with Crippen molar-refractivity contribution in [1.82, 2.24) is 4.90 Å². The van der Waals surface area contributed by atoms with Crippen LogP contribution >= 0.6 is 0 Å². The summed E-state index contributed by atoms with van der Waals surface area (Å²) in [4.78, 5) is 2.44. The first kappa shape index (κ1) is 11.6. The number of benzene rings is 1. The number of nitrogens with two attached hydrogens (primary N) is 1. The Morgan fingerprint density at radius 1 is 1.25 bits per heavy atom. The summed E-state index contributed by atoms with van der Waals surface area (Å²) < 4.78 is 0. The van der Waals surface area contributed by atoms with E-state index in [4.69, 9.17) is 5.73 Å². The molecule has 1 saturated carbocycles.